The Hall–Kier alpha value is -0.630. The molecule has 0 radical (unpaired) electrons. The Morgan fingerprint density at radius 3 is 2.75 bits per heavy atom. The van der Waals surface area contributed by atoms with Crippen LogP contribution in [0.2, 0.25) is 0 Å². The fraction of sp³-hybridized carbons (Fsp3) is 0.700. The number of hydrogen-bond acceptors (Lipinski definition) is 2. The van der Waals surface area contributed by atoms with Crippen LogP contribution in [0.25, 0.3) is 0 Å². The number of allylic oxidation sites excluding steroid dienone is 1. The van der Waals surface area contributed by atoms with Gasteiger partial charge in [0.05, 0.1) is 6.10 Å². The van der Waals surface area contributed by atoms with Crippen LogP contribution in [0.1, 0.15) is 39.0 Å². The highest BCUT2D eigenvalue weighted by Gasteiger charge is 1.94. The molecule has 70 valence electrons. The SMILES string of the molecule is CCCCCC=CC(O)CC=O. The van der Waals surface area contributed by atoms with Crippen molar-refractivity contribution in [1.82, 2.24) is 0 Å². The van der Waals surface area contributed by atoms with E-state index in [1.165, 1.54) is 19.3 Å². The molecule has 0 amide bonds. The Kier molecular flexibility index (Phi) is 8.02. The summed E-state index contributed by atoms with van der Waals surface area (Å²) < 4.78 is 0. The van der Waals surface area contributed by atoms with Crippen LogP contribution in [0.4, 0.5) is 0 Å². The Bertz CT molecular complexity index is 130. The number of aliphatic hydroxyl groups excluding tert-OH is 1. The van der Waals surface area contributed by atoms with Gasteiger partial charge in [0.15, 0.2) is 0 Å². The lowest BCUT2D eigenvalue weighted by molar-refractivity contribution is -0.109. The van der Waals surface area contributed by atoms with E-state index in [1.807, 2.05) is 6.08 Å². The topological polar surface area (TPSA) is 37.3 Å². The van der Waals surface area contributed by atoms with E-state index in [2.05, 4.69) is 6.92 Å². The average molecular weight is 170 g/mol. The zero-order valence-corrected chi connectivity index (χ0v) is 7.70. The molecule has 0 heterocycles. The van der Waals surface area contributed by atoms with E-state index in [1.54, 1.807) is 6.08 Å². The monoisotopic (exact) mass is 170 g/mol. The number of aldehydes is 1. The van der Waals surface area contributed by atoms with Gasteiger partial charge in [-0.2, -0.15) is 0 Å². The third kappa shape index (κ3) is 7.48. The molecule has 2 nitrogen and oxygen atoms in total. The molecule has 1 unspecified atom stereocenters. The summed E-state index contributed by atoms with van der Waals surface area (Å²) in [6.07, 6.45) is 8.63. The first-order valence-electron chi connectivity index (χ1n) is 4.59. The van der Waals surface area contributed by atoms with E-state index in [-0.39, 0.29) is 6.42 Å². The van der Waals surface area contributed by atoms with Gasteiger partial charge in [-0.05, 0) is 12.8 Å². The van der Waals surface area contributed by atoms with Crippen molar-refractivity contribution < 1.29 is 9.90 Å². The Morgan fingerprint density at radius 2 is 2.17 bits per heavy atom. The van der Waals surface area contributed by atoms with E-state index in [4.69, 9.17) is 5.11 Å². The highest BCUT2D eigenvalue weighted by Crippen LogP contribution is 2.00. The molecule has 0 aliphatic rings. The van der Waals surface area contributed by atoms with Crippen LogP contribution in [0.3, 0.4) is 0 Å². The summed E-state index contributed by atoms with van der Waals surface area (Å²) in [4.78, 5) is 9.96. The predicted molar refractivity (Wildman–Crippen MR) is 50.0 cm³/mol. The van der Waals surface area contributed by atoms with Crippen LogP contribution in [0, 0.1) is 0 Å². The molecule has 0 saturated heterocycles. The smallest absolute Gasteiger partial charge is 0.122 e. The minimum absolute atomic E-state index is 0.213. The number of carbonyl (C=O) groups excluding carboxylic acids is 1. The van der Waals surface area contributed by atoms with Crippen LogP contribution in [0.5, 0.6) is 0 Å². The fourth-order valence-corrected chi connectivity index (χ4v) is 0.943. The van der Waals surface area contributed by atoms with Crippen molar-refractivity contribution in [3.8, 4) is 0 Å². The van der Waals surface area contributed by atoms with Gasteiger partial charge in [0.2, 0.25) is 0 Å². The van der Waals surface area contributed by atoms with Crippen LogP contribution < -0.4 is 0 Å². The molecule has 0 aromatic carbocycles. The van der Waals surface area contributed by atoms with Gasteiger partial charge >= 0.3 is 0 Å². The van der Waals surface area contributed by atoms with Crippen molar-refractivity contribution >= 4 is 6.29 Å². The van der Waals surface area contributed by atoms with Gasteiger partial charge in [-0.25, -0.2) is 0 Å². The quantitative estimate of drug-likeness (QED) is 0.361. The van der Waals surface area contributed by atoms with Crippen LogP contribution >= 0.6 is 0 Å². The van der Waals surface area contributed by atoms with E-state index >= 15 is 0 Å². The van der Waals surface area contributed by atoms with Crippen LogP contribution in [-0.2, 0) is 4.79 Å². The Morgan fingerprint density at radius 1 is 1.42 bits per heavy atom. The van der Waals surface area contributed by atoms with Crippen molar-refractivity contribution in [2.45, 2.75) is 45.1 Å². The van der Waals surface area contributed by atoms with Crippen LogP contribution in [0.15, 0.2) is 12.2 Å². The van der Waals surface area contributed by atoms with E-state index in [9.17, 15) is 4.79 Å². The zero-order chi connectivity index (χ0) is 9.23. The standard InChI is InChI=1S/C10H18O2/c1-2-3-4-5-6-7-10(12)8-9-11/h6-7,9-10,12H,2-5,8H2,1H3. The van der Waals surface area contributed by atoms with Gasteiger partial charge in [-0.3, -0.25) is 0 Å². The Balaban J connectivity index is 3.28. The molecule has 0 aliphatic carbocycles. The van der Waals surface area contributed by atoms with E-state index in [0.29, 0.717) is 0 Å². The molecule has 0 aromatic rings. The summed E-state index contributed by atoms with van der Waals surface area (Å²) in [7, 11) is 0. The number of hydrogen-bond donors (Lipinski definition) is 1. The van der Waals surface area contributed by atoms with Crippen LogP contribution in [-0.4, -0.2) is 17.5 Å². The van der Waals surface area contributed by atoms with Gasteiger partial charge in [0.1, 0.15) is 6.29 Å². The molecule has 0 saturated carbocycles. The molecular weight excluding hydrogens is 152 g/mol. The summed E-state index contributed by atoms with van der Waals surface area (Å²) in [5.41, 5.74) is 0. The molecule has 0 aromatic heterocycles. The Labute approximate surface area is 74.3 Å². The summed E-state index contributed by atoms with van der Waals surface area (Å²) in [5.74, 6) is 0. The lowest BCUT2D eigenvalue weighted by Gasteiger charge is -1.97. The maximum absolute atomic E-state index is 9.96. The first-order chi connectivity index (χ1) is 5.81. The van der Waals surface area contributed by atoms with Crippen molar-refractivity contribution in [2.75, 3.05) is 0 Å². The van der Waals surface area contributed by atoms with Crippen molar-refractivity contribution in [2.24, 2.45) is 0 Å². The van der Waals surface area contributed by atoms with Gasteiger partial charge in [0.25, 0.3) is 0 Å². The zero-order valence-electron chi connectivity index (χ0n) is 7.70. The van der Waals surface area contributed by atoms with Gasteiger partial charge in [0, 0.05) is 6.42 Å². The van der Waals surface area contributed by atoms with Crippen molar-refractivity contribution in [3.05, 3.63) is 12.2 Å². The maximum Gasteiger partial charge on any atom is 0.122 e. The average Bonchev–Trinajstić information content (AvgIpc) is 2.05. The third-order valence-corrected chi connectivity index (χ3v) is 1.67. The summed E-state index contributed by atoms with van der Waals surface area (Å²) >= 11 is 0. The molecule has 0 aliphatic heterocycles. The minimum atomic E-state index is -0.580. The van der Waals surface area contributed by atoms with Gasteiger partial charge in [-0.1, -0.05) is 31.9 Å². The number of rotatable bonds is 7. The minimum Gasteiger partial charge on any atom is -0.389 e. The van der Waals surface area contributed by atoms with Crippen molar-refractivity contribution in [3.63, 3.8) is 0 Å². The number of aliphatic hydroxyl groups is 1. The summed E-state index contributed by atoms with van der Waals surface area (Å²) in [6, 6.07) is 0. The number of carbonyl (C=O) groups is 1. The first-order valence-corrected chi connectivity index (χ1v) is 4.59. The lowest BCUT2D eigenvalue weighted by atomic mass is 10.1. The second kappa shape index (κ2) is 8.47. The largest absolute Gasteiger partial charge is 0.389 e. The third-order valence-electron chi connectivity index (χ3n) is 1.67. The molecule has 0 rings (SSSR count). The predicted octanol–water partition coefficient (Wildman–Crippen LogP) is 2.07. The molecule has 1 N–H and O–H groups in total. The second-order valence-corrected chi connectivity index (χ2v) is 2.89. The molecule has 1 atom stereocenters. The van der Waals surface area contributed by atoms with Crippen molar-refractivity contribution in [1.29, 1.82) is 0 Å². The van der Waals surface area contributed by atoms with E-state index < -0.39 is 6.10 Å². The normalized spacial score (nSPS) is 13.5. The van der Waals surface area contributed by atoms with Gasteiger partial charge in [-0.15, -0.1) is 0 Å². The van der Waals surface area contributed by atoms with E-state index in [0.717, 1.165) is 12.7 Å². The van der Waals surface area contributed by atoms with Gasteiger partial charge < -0.3 is 9.90 Å². The molecule has 12 heavy (non-hydrogen) atoms. The number of unbranched alkanes of at least 4 members (excludes halogenated alkanes) is 3. The molecule has 2 heteroatoms. The maximum atomic E-state index is 9.96. The molecule has 0 bridgehead atoms. The summed E-state index contributed by atoms with van der Waals surface area (Å²) in [5, 5.41) is 9.09. The molecular formula is C10H18O2. The lowest BCUT2D eigenvalue weighted by Crippen LogP contribution is -2.01. The summed E-state index contributed by atoms with van der Waals surface area (Å²) in [6.45, 7) is 2.16. The fourth-order valence-electron chi connectivity index (χ4n) is 0.943. The highest BCUT2D eigenvalue weighted by atomic mass is 16.3. The highest BCUT2D eigenvalue weighted by molar-refractivity contribution is 5.50. The first kappa shape index (κ1) is 11.4. The second-order valence-electron chi connectivity index (χ2n) is 2.89. The molecule has 0 spiro atoms. The molecule has 0 fully saturated rings.